The van der Waals surface area contributed by atoms with Crippen LogP contribution in [0, 0.1) is 0 Å². The maximum atomic E-state index is 11.6. The highest BCUT2D eigenvalue weighted by atomic mass is 32.1. The van der Waals surface area contributed by atoms with Gasteiger partial charge in [0.1, 0.15) is 0 Å². The SMILES string of the molecule is O=C(CCCc1cccs1)NCCCn1cccn1. The van der Waals surface area contributed by atoms with Gasteiger partial charge in [-0.3, -0.25) is 9.48 Å². The molecule has 0 aliphatic rings. The van der Waals surface area contributed by atoms with Gasteiger partial charge in [0.2, 0.25) is 5.91 Å². The Morgan fingerprint density at radius 3 is 3.05 bits per heavy atom. The molecule has 102 valence electrons. The quantitative estimate of drug-likeness (QED) is 0.754. The molecule has 4 nitrogen and oxygen atoms in total. The predicted molar refractivity (Wildman–Crippen MR) is 77.1 cm³/mol. The minimum atomic E-state index is 0.150. The fourth-order valence-corrected chi connectivity index (χ4v) is 2.62. The van der Waals surface area contributed by atoms with Crippen LogP contribution in [0.5, 0.6) is 0 Å². The van der Waals surface area contributed by atoms with Crippen molar-refractivity contribution in [3.05, 3.63) is 40.8 Å². The van der Waals surface area contributed by atoms with Gasteiger partial charge in [0.15, 0.2) is 0 Å². The minimum absolute atomic E-state index is 0.150. The van der Waals surface area contributed by atoms with Crippen LogP contribution >= 0.6 is 11.3 Å². The van der Waals surface area contributed by atoms with E-state index in [9.17, 15) is 4.79 Å². The van der Waals surface area contributed by atoms with Gasteiger partial charge in [-0.1, -0.05) is 6.07 Å². The van der Waals surface area contributed by atoms with Crippen molar-refractivity contribution in [3.63, 3.8) is 0 Å². The summed E-state index contributed by atoms with van der Waals surface area (Å²) >= 11 is 1.75. The van der Waals surface area contributed by atoms with E-state index < -0.39 is 0 Å². The number of rotatable bonds is 8. The molecule has 19 heavy (non-hydrogen) atoms. The van der Waals surface area contributed by atoms with Gasteiger partial charge < -0.3 is 5.32 Å². The maximum absolute atomic E-state index is 11.6. The highest BCUT2D eigenvalue weighted by Crippen LogP contribution is 2.11. The van der Waals surface area contributed by atoms with Gasteiger partial charge in [-0.2, -0.15) is 5.10 Å². The summed E-state index contributed by atoms with van der Waals surface area (Å²) < 4.78 is 1.88. The molecule has 2 rings (SSSR count). The summed E-state index contributed by atoms with van der Waals surface area (Å²) in [5.41, 5.74) is 0. The Hall–Kier alpha value is -1.62. The molecule has 0 fully saturated rings. The molecule has 2 heterocycles. The Labute approximate surface area is 117 Å². The first-order valence-electron chi connectivity index (χ1n) is 6.61. The summed E-state index contributed by atoms with van der Waals surface area (Å²) in [6.45, 7) is 1.57. The zero-order valence-electron chi connectivity index (χ0n) is 10.9. The minimum Gasteiger partial charge on any atom is -0.356 e. The molecular weight excluding hydrogens is 258 g/mol. The lowest BCUT2D eigenvalue weighted by molar-refractivity contribution is -0.121. The molecule has 0 unspecified atom stereocenters. The molecule has 0 bridgehead atoms. The normalized spacial score (nSPS) is 10.5. The van der Waals surface area contributed by atoms with Crippen molar-refractivity contribution in [3.8, 4) is 0 Å². The van der Waals surface area contributed by atoms with E-state index in [0.29, 0.717) is 6.42 Å². The Morgan fingerprint density at radius 1 is 1.37 bits per heavy atom. The second kappa shape index (κ2) is 7.74. The molecule has 0 saturated carbocycles. The van der Waals surface area contributed by atoms with Crippen LogP contribution in [0.3, 0.4) is 0 Å². The molecule has 0 radical (unpaired) electrons. The van der Waals surface area contributed by atoms with Crippen molar-refractivity contribution in [1.29, 1.82) is 0 Å². The Morgan fingerprint density at radius 2 is 2.32 bits per heavy atom. The number of thiophene rings is 1. The Kier molecular flexibility index (Phi) is 5.62. The van der Waals surface area contributed by atoms with Crippen molar-refractivity contribution in [2.45, 2.75) is 32.2 Å². The molecule has 2 aromatic rings. The number of aromatic nitrogens is 2. The van der Waals surface area contributed by atoms with E-state index in [-0.39, 0.29) is 5.91 Å². The molecule has 5 heteroatoms. The third-order valence-corrected chi connectivity index (χ3v) is 3.79. The molecule has 0 aromatic carbocycles. The van der Waals surface area contributed by atoms with E-state index in [2.05, 4.69) is 27.9 Å². The summed E-state index contributed by atoms with van der Waals surface area (Å²) in [4.78, 5) is 13.0. The van der Waals surface area contributed by atoms with Crippen LogP contribution in [0.15, 0.2) is 36.0 Å². The van der Waals surface area contributed by atoms with Crippen LogP contribution in [-0.2, 0) is 17.8 Å². The third-order valence-electron chi connectivity index (χ3n) is 2.85. The number of carbonyl (C=O) groups excluding carboxylic acids is 1. The number of nitrogens with one attached hydrogen (secondary N) is 1. The van der Waals surface area contributed by atoms with E-state index in [0.717, 1.165) is 32.4 Å². The molecule has 0 atom stereocenters. The fraction of sp³-hybridized carbons (Fsp3) is 0.429. The number of amides is 1. The molecule has 0 saturated heterocycles. The lowest BCUT2D eigenvalue weighted by atomic mass is 10.2. The average Bonchev–Trinajstić information content (AvgIpc) is 3.07. The van der Waals surface area contributed by atoms with Gasteiger partial charge in [0.25, 0.3) is 0 Å². The van der Waals surface area contributed by atoms with Gasteiger partial charge in [-0.25, -0.2) is 0 Å². The molecule has 0 aliphatic carbocycles. The van der Waals surface area contributed by atoms with Crippen molar-refractivity contribution in [2.75, 3.05) is 6.54 Å². The summed E-state index contributed by atoms with van der Waals surface area (Å²) in [6, 6.07) is 6.07. The van der Waals surface area contributed by atoms with Crippen LogP contribution in [0.25, 0.3) is 0 Å². The second-order valence-corrected chi connectivity index (χ2v) is 5.44. The summed E-state index contributed by atoms with van der Waals surface area (Å²) in [7, 11) is 0. The van der Waals surface area contributed by atoms with E-state index in [4.69, 9.17) is 0 Å². The predicted octanol–water partition coefficient (Wildman–Crippen LogP) is 2.47. The monoisotopic (exact) mass is 277 g/mol. The third kappa shape index (κ3) is 5.26. The van der Waals surface area contributed by atoms with Crippen molar-refractivity contribution in [1.82, 2.24) is 15.1 Å². The summed E-state index contributed by atoms with van der Waals surface area (Å²) in [6.07, 6.45) is 7.15. The highest BCUT2D eigenvalue weighted by molar-refractivity contribution is 7.09. The molecule has 1 N–H and O–H groups in total. The average molecular weight is 277 g/mol. The molecule has 0 aliphatic heterocycles. The zero-order chi connectivity index (χ0) is 13.3. The Bertz CT molecular complexity index is 465. The van der Waals surface area contributed by atoms with Crippen LogP contribution < -0.4 is 5.32 Å². The topological polar surface area (TPSA) is 46.9 Å². The molecule has 2 aromatic heterocycles. The molecule has 0 spiro atoms. The first-order valence-corrected chi connectivity index (χ1v) is 7.49. The first-order chi connectivity index (χ1) is 9.34. The van der Waals surface area contributed by atoms with Gasteiger partial charge in [0, 0.05) is 36.8 Å². The Balaban J connectivity index is 1.50. The van der Waals surface area contributed by atoms with E-state index >= 15 is 0 Å². The number of hydrogen-bond acceptors (Lipinski definition) is 3. The number of aryl methyl sites for hydroxylation is 2. The lowest BCUT2D eigenvalue weighted by Crippen LogP contribution is -2.25. The number of carbonyl (C=O) groups is 1. The van der Waals surface area contributed by atoms with E-state index in [1.54, 1.807) is 17.5 Å². The molecule has 1 amide bonds. The standard InChI is InChI=1S/C14H19N3OS/c18-14(7-1-5-13-6-2-12-19-13)15-8-3-10-17-11-4-9-16-17/h2,4,6,9,11-12H,1,3,5,7-8,10H2,(H,15,18). The first kappa shape index (κ1) is 13.8. The van der Waals surface area contributed by atoms with Crippen LogP contribution in [0.4, 0.5) is 0 Å². The zero-order valence-corrected chi connectivity index (χ0v) is 11.7. The van der Waals surface area contributed by atoms with Crippen molar-refractivity contribution < 1.29 is 4.79 Å². The van der Waals surface area contributed by atoms with Gasteiger partial charge in [0.05, 0.1) is 0 Å². The maximum Gasteiger partial charge on any atom is 0.220 e. The van der Waals surface area contributed by atoms with Crippen LogP contribution in [0.2, 0.25) is 0 Å². The summed E-state index contributed by atoms with van der Waals surface area (Å²) in [5, 5.41) is 9.14. The largest absolute Gasteiger partial charge is 0.356 e. The van der Waals surface area contributed by atoms with Gasteiger partial charge in [-0.05, 0) is 36.8 Å². The highest BCUT2D eigenvalue weighted by Gasteiger charge is 2.01. The van der Waals surface area contributed by atoms with Gasteiger partial charge >= 0.3 is 0 Å². The van der Waals surface area contributed by atoms with E-state index in [1.807, 2.05) is 16.9 Å². The number of hydrogen-bond donors (Lipinski definition) is 1. The van der Waals surface area contributed by atoms with Crippen LogP contribution in [-0.4, -0.2) is 22.2 Å². The molecular formula is C14H19N3OS. The fourth-order valence-electron chi connectivity index (χ4n) is 1.87. The van der Waals surface area contributed by atoms with E-state index in [1.165, 1.54) is 4.88 Å². The van der Waals surface area contributed by atoms with Crippen molar-refractivity contribution >= 4 is 17.2 Å². The lowest BCUT2D eigenvalue weighted by Gasteiger charge is -2.05. The second-order valence-electron chi connectivity index (χ2n) is 4.41. The smallest absolute Gasteiger partial charge is 0.220 e. The van der Waals surface area contributed by atoms with Crippen LogP contribution in [0.1, 0.15) is 24.1 Å². The summed E-state index contributed by atoms with van der Waals surface area (Å²) in [5.74, 6) is 0.150. The van der Waals surface area contributed by atoms with Gasteiger partial charge in [-0.15, -0.1) is 11.3 Å². The number of nitrogens with zero attached hydrogens (tertiary/aromatic N) is 2. The van der Waals surface area contributed by atoms with Crippen molar-refractivity contribution in [2.24, 2.45) is 0 Å².